The number of nitrogens with two attached hydrogens (primary N) is 1. The summed E-state index contributed by atoms with van der Waals surface area (Å²) < 4.78 is 0. The van der Waals surface area contributed by atoms with E-state index in [0.29, 0.717) is 0 Å². The van der Waals surface area contributed by atoms with Crippen LogP contribution in [-0.4, -0.2) is 52.2 Å². The summed E-state index contributed by atoms with van der Waals surface area (Å²) in [5.74, 6) is -2.02. The highest BCUT2D eigenvalue weighted by atomic mass is 16.3. The Kier molecular flexibility index (Phi) is 7.49. The quantitative estimate of drug-likeness (QED) is 0.501. The third kappa shape index (κ3) is 4.74. The molecular formula is C29H40N2O4. The van der Waals surface area contributed by atoms with E-state index in [1.165, 1.54) is 0 Å². The SMILES string of the molecule is CC(C)(C)[C@@H](CO)N(C(=O)C1(C(N)=O)[C@@H](c2ccccc2)[C@@H]1c1ccccc1)[C@H](CO)C(C)(C)C. The van der Waals surface area contributed by atoms with Gasteiger partial charge in [-0.05, 0) is 22.0 Å². The topological polar surface area (TPSA) is 104 Å². The minimum atomic E-state index is -1.53. The average Bonchev–Trinajstić information content (AvgIpc) is 3.49. The maximum atomic E-state index is 14.7. The van der Waals surface area contributed by atoms with E-state index < -0.39 is 52.0 Å². The molecule has 2 aromatic carbocycles. The zero-order chi connectivity index (χ0) is 26.2. The van der Waals surface area contributed by atoms with Gasteiger partial charge in [-0.15, -0.1) is 0 Å². The molecule has 0 saturated heterocycles. The van der Waals surface area contributed by atoms with Crippen LogP contribution in [0.3, 0.4) is 0 Å². The first-order valence-corrected chi connectivity index (χ1v) is 12.3. The van der Waals surface area contributed by atoms with Crippen LogP contribution in [0.1, 0.15) is 64.5 Å². The minimum Gasteiger partial charge on any atom is -0.394 e. The van der Waals surface area contributed by atoms with Crippen molar-refractivity contribution in [2.45, 2.75) is 65.5 Å². The minimum absolute atomic E-state index is 0.303. The lowest BCUT2D eigenvalue weighted by molar-refractivity contribution is -0.156. The first kappa shape index (κ1) is 26.9. The number of carbonyl (C=O) groups is 2. The molecule has 0 radical (unpaired) electrons. The molecule has 6 nitrogen and oxygen atoms in total. The van der Waals surface area contributed by atoms with Crippen molar-refractivity contribution in [2.75, 3.05) is 13.2 Å². The number of aliphatic hydroxyl groups is 2. The summed E-state index contributed by atoms with van der Waals surface area (Å²) in [6, 6.07) is 17.8. The predicted molar refractivity (Wildman–Crippen MR) is 137 cm³/mol. The maximum absolute atomic E-state index is 14.7. The van der Waals surface area contributed by atoms with E-state index in [0.717, 1.165) is 11.1 Å². The van der Waals surface area contributed by atoms with Crippen molar-refractivity contribution in [3.63, 3.8) is 0 Å². The van der Waals surface area contributed by atoms with E-state index in [4.69, 9.17) is 5.73 Å². The van der Waals surface area contributed by atoms with E-state index in [9.17, 15) is 19.8 Å². The van der Waals surface area contributed by atoms with E-state index in [-0.39, 0.29) is 13.2 Å². The summed E-state index contributed by atoms with van der Waals surface area (Å²) in [7, 11) is 0. The molecule has 1 aliphatic rings. The van der Waals surface area contributed by atoms with Gasteiger partial charge in [0.05, 0.1) is 25.3 Å². The van der Waals surface area contributed by atoms with Gasteiger partial charge in [0.15, 0.2) is 0 Å². The van der Waals surface area contributed by atoms with Crippen molar-refractivity contribution in [2.24, 2.45) is 22.0 Å². The highest BCUT2D eigenvalue weighted by Crippen LogP contribution is 2.71. The van der Waals surface area contributed by atoms with Crippen LogP contribution in [0.4, 0.5) is 0 Å². The Labute approximate surface area is 209 Å². The number of rotatable bonds is 8. The van der Waals surface area contributed by atoms with Gasteiger partial charge >= 0.3 is 0 Å². The fourth-order valence-electron chi connectivity index (χ4n) is 5.57. The van der Waals surface area contributed by atoms with Crippen LogP contribution in [0.25, 0.3) is 0 Å². The number of aliphatic hydroxyl groups excluding tert-OH is 2. The van der Waals surface area contributed by atoms with Gasteiger partial charge in [0.25, 0.3) is 0 Å². The van der Waals surface area contributed by atoms with Gasteiger partial charge in [-0.2, -0.15) is 0 Å². The first-order valence-electron chi connectivity index (χ1n) is 12.3. The summed E-state index contributed by atoms with van der Waals surface area (Å²) >= 11 is 0. The third-order valence-corrected chi connectivity index (χ3v) is 7.54. The van der Waals surface area contributed by atoms with Crippen molar-refractivity contribution in [3.05, 3.63) is 71.8 Å². The smallest absolute Gasteiger partial charge is 0.240 e. The second-order valence-corrected chi connectivity index (χ2v) is 11.9. The standard InChI is InChI=1S/C29H40N2O4/c1-27(2,3)21(17-32)31(22(18-33)28(4,5)6)26(35)29(25(30)34)23(19-13-9-7-10-14-19)24(29)20-15-11-8-12-16-20/h7-16,21-24,32-33H,17-18H2,1-6H3,(H2,30,34)/t21-,22-,23+,24+/m1/s1. The Morgan fingerprint density at radius 2 is 1.14 bits per heavy atom. The molecule has 1 saturated carbocycles. The number of amides is 2. The lowest BCUT2D eigenvalue weighted by atomic mass is 9.78. The van der Waals surface area contributed by atoms with Gasteiger partial charge < -0.3 is 20.8 Å². The van der Waals surface area contributed by atoms with E-state index >= 15 is 0 Å². The summed E-state index contributed by atoms with van der Waals surface area (Å²) in [5, 5.41) is 21.0. The van der Waals surface area contributed by atoms with Crippen molar-refractivity contribution in [1.29, 1.82) is 0 Å². The Hall–Kier alpha value is -2.70. The normalized spacial score (nSPS) is 23.9. The van der Waals surface area contributed by atoms with Crippen LogP contribution in [-0.2, 0) is 9.59 Å². The van der Waals surface area contributed by atoms with Crippen molar-refractivity contribution < 1.29 is 19.8 Å². The fraction of sp³-hybridized carbons (Fsp3) is 0.517. The number of hydrogen-bond donors (Lipinski definition) is 3. The summed E-state index contributed by atoms with van der Waals surface area (Å²) in [5.41, 5.74) is 5.29. The Morgan fingerprint density at radius 1 is 0.800 bits per heavy atom. The van der Waals surface area contributed by atoms with E-state index in [1.807, 2.05) is 102 Å². The molecule has 2 amide bonds. The third-order valence-electron chi connectivity index (χ3n) is 7.54. The molecule has 1 aliphatic carbocycles. The monoisotopic (exact) mass is 480 g/mol. The Balaban J connectivity index is 2.26. The summed E-state index contributed by atoms with van der Waals surface area (Å²) in [6.45, 7) is 11.1. The van der Waals surface area contributed by atoms with E-state index in [1.54, 1.807) is 4.90 Å². The molecule has 4 N–H and O–H groups in total. The first-order chi connectivity index (χ1) is 16.3. The number of primary amides is 1. The molecule has 2 aromatic rings. The lowest BCUT2D eigenvalue weighted by Gasteiger charge is -2.48. The second kappa shape index (κ2) is 9.75. The predicted octanol–water partition coefficient (Wildman–Crippen LogP) is 3.68. The molecule has 3 rings (SSSR count). The van der Waals surface area contributed by atoms with Crippen LogP contribution >= 0.6 is 0 Å². The molecule has 4 atom stereocenters. The van der Waals surface area contributed by atoms with Crippen LogP contribution in [0, 0.1) is 16.2 Å². The molecule has 6 heteroatoms. The molecular weight excluding hydrogens is 440 g/mol. The number of hydrogen-bond acceptors (Lipinski definition) is 4. The van der Waals surface area contributed by atoms with Crippen molar-refractivity contribution in [1.82, 2.24) is 4.90 Å². The zero-order valence-corrected chi connectivity index (χ0v) is 21.7. The van der Waals surface area contributed by atoms with E-state index in [2.05, 4.69) is 0 Å². The van der Waals surface area contributed by atoms with Gasteiger partial charge in [0.2, 0.25) is 11.8 Å². The van der Waals surface area contributed by atoms with Crippen LogP contribution in [0.5, 0.6) is 0 Å². The number of carbonyl (C=O) groups excluding carboxylic acids is 2. The average molecular weight is 481 g/mol. The van der Waals surface area contributed by atoms with Crippen molar-refractivity contribution >= 4 is 11.8 Å². The molecule has 0 aromatic heterocycles. The summed E-state index contributed by atoms with van der Waals surface area (Å²) in [6.07, 6.45) is 0. The van der Waals surface area contributed by atoms with Crippen LogP contribution in [0.15, 0.2) is 60.7 Å². The highest BCUT2D eigenvalue weighted by Gasteiger charge is 2.75. The fourth-order valence-corrected chi connectivity index (χ4v) is 5.57. The summed E-state index contributed by atoms with van der Waals surface area (Å²) in [4.78, 5) is 29.7. The van der Waals surface area contributed by atoms with Gasteiger partial charge in [0, 0.05) is 11.8 Å². The van der Waals surface area contributed by atoms with Crippen molar-refractivity contribution in [3.8, 4) is 0 Å². The molecule has 0 aliphatic heterocycles. The Morgan fingerprint density at radius 3 is 1.40 bits per heavy atom. The zero-order valence-electron chi connectivity index (χ0n) is 21.7. The number of benzene rings is 2. The molecule has 190 valence electrons. The van der Waals surface area contributed by atoms with Gasteiger partial charge in [-0.25, -0.2) is 0 Å². The molecule has 35 heavy (non-hydrogen) atoms. The maximum Gasteiger partial charge on any atom is 0.240 e. The second-order valence-electron chi connectivity index (χ2n) is 11.9. The molecule has 1 fully saturated rings. The van der Waals surface area contributed by atoms with Crippen LogP contribution < -0.4 is 5.73 Å². The van der Waals surface area contributed by atoms with Gasteiger partial charge in [-0.3, -0.25) is 9.59 Å². The molecule has 0 heterocycles. The largest absolute Gasteiger partial charge is 0.394 e. The lowest BCUT2D eigenvalue weighted by Crippen LogP contribution is -2.62. The Bertz CT molecular complexity index is 957. The van der Waals surface area contributed by atoms with Gasteiger partial charge in [0.1, 0.15) is 5.41 Å². The van der Waals surface area contributed by atoms with Gasteiger partial charge in [-0.1, -0.05) is 102 Å². The molecule has 0 bridgehead atoms. The molecule has 0 unspecified atom stereocenters. The highest BCUT2D eigenvalue weighted by molar-refractivity contribution is 6.11. The van der Waals surface area contributed by atoms with Crippen LogP contribution in [0.2, 0.25) is 0 Å². The number of nitrogens with zero attached hydrogens (tertiary/aromatic N) is 1. The molecule has 0 spiro atoms.